The van der Waals surface area contributed by atoms with E-state index in [0.717, 1.165) is 37.4 Å². The second kappa shape index (κ2) is 5.67. The van der Waals surface area contributed by atoms with Crippen LogP contribution in [0, 0.1) is 5.82 Å². The highest BCUT2D eigenvalue weighted by Gasteiger charge is 2.16. The summed E-state index contributed by atoms with van der Waals surface area (Å²) in [5, 5.41) is 3.15. The first-order valence-corrected chi connectivity index (χ1v) is 6.51. The first-order chi connectivity index (χ1) is 8.60. The predicted molar refractivity (Wildman–Crippen MR) is 73.6 cm³/mol. The molecule has 1 aliphatic heterocycles. The maximum Gasteiger partial charge on any atom is 0.125 e. The molecule has 1 N–H and O–H groups in total. The van der Waals surface area contributed by atoms with Crippen LogP contribution in [0.5, 0.6) is 0 Å². The van der Waals surface area contributed by atoms with Crippen molar-refractivity contribution < 1.29 is 4.39 Å². The molecule has 0 aliphatic carbocycles. The van der Waals surface area contributed by atoms with E-state index in [1.54, 1.807) is 12.1 Å². The summed E-state index contributed by atoms with van der Waals surface area (Å²) in [7, 11) is 4.02. The van der Waals surface area contributed by atoms with Gasteiger partial charge in [-0.05, 0) is 44.8 Å². The lowest BCUT2D eigenvalue weighted by Gasteiger charge is -2.34. The van der Waals surface area contributed by atoms with Crippen LogP contribution in [0.25, 0.3) is 0 Å². The monoisotopic (exact) mass is 251 g/mol. The molecule has 0 saturated carbocycles. The van der Waals surface area contributed by atoms with Crippen LogP contribution in [0.4, 0.5) is 10.1 Å². The highest BCUT2D eigenvalue weighted by atomic mass is 19.1. The van der Waals surface area contributed by atoms with Crippen molar-refractivity contribution in [3.8, 4) is 0 Å². The number of hydrogen-bond acceptors (Lipinski definition) is 3. The molecule has 1 saturated heterocycles. The van der Waals surface area contributed by atoms with Crippen molar-refractivity contribution in [3.05, 3.63) is 29.6 Å². The Balaban J connectivity index is 2.19. The summed E-state index contributed by atoms with van der Waals surface area (Å²) in [4.78, 5) is 4.56. The zero-order chi connectivity index (χ0) is 13.1. The molecule has 1 aliphatic rings. The zero-order valence-corrected chi connectivity index (χ0v) is 11.4. The average molecular weight is 251 g/mol. The van der Waals surface area contributed by atoms with E-state index in [0.29, 0.717) is 0 Å². The average Bonchev–Trinajstić information content (AvgIpc) is 2.38. The van der Waals surface area contributed by atoms with Gasteiger partial charge in [-0.1, -0.05) is 0 Å². The number of piperazine rings is 1. The highest BCUT2D eigenvalue weighted by molar-refractivity contribution is 5.50. The van der Waals surface area contributed by atoms with Crippen LogP contribution >= 0.6 is 0 Å². The highest BCUT2D eigenvalue weighted by Crippen LogP contribution is 2.23. The molecular formula is C14H22FN3. The molecule has 1 atom stereocenters. The lowest BCUT2D eigenvalue weighted by Crippen LogP contribution is -2.44. The lowest BCUT2D eigenvalue weighted by atomic mass is 10.1. The Morgan fingerprint density at radius 2 is 1.83 bits per heavy atom. The van der Waals surface area contributed by atoms with E-state index in [4.69, 9.17) is 0 Å². The normalized spacial score (nSPS) is 19.0. The zero-order valence-electron chi connectivity index (χ0n) is 11.4. The Hall–Kier alpha value is -1.13. The first-order valence-electron chi connectivity index (χ1n) is 6.51. The largest absolute Gasteiger partial charge is 0.369 e. The summed E-state index contributed by atoms with van der Waals surface area (Å²) >= 11 is 0. The van der Waals surface area contributed by atoms with Crippen molar-refractivity contribution in [2.75, 3.05) is 45.2 Å². The van der Waals surface area contributed by atoms with Gasteiger partial charge in [-0.3, -0.25) is 0 Å². The quantitative estimate of drug-likeness (QED) is 0.884. The number of hydrogen-bond donors (Lipinski definition) is 1. The van der Waals surface area contributed by atoms with Gasteiger partial charge in [-0.25, -0.2) is 4.39 Å². The fraction of sp³-hybridized carbons (Fsp3) is 0.571. The molecule has 100 valence electrons. The molecule has 1 aromatic carbocycles. The molecule has 0 aromatic heterocycles. The Morgan fingerprint density at radius 1 is 1.17 bits per heavy atom. The molecule has 1 fully saturated rings. The smallest absolute Gasteiger partial charge is 0.125 e. The Morgan fingerprint density at radius 3 is 2.44 bits per heavy atom. The number of anilines is 1. The minimum atomic E-state index is -0.150. The summed E-state index contributed by atoms with van der Waals surface area (Å²) in [6, 6.07) is 5.51. The van der Waals surface area contributed by atoms with Crippen molar-refractivity contribution in [3.63, 3.8) is 0 Å². The van der Waals surface area contributed by atoms with Crippen LogP contribution in [0.15, 0.2) is 18.2 Å². The molecule has 1 unspecified atom stereocenters. The predicted octanol–water partition coefficient (Wildman–Crippen LogP) is 1.86. The molecule has 0 radical (unpaired) electrons. The minimum Gasteiger partial charge on any atom is -0.369 e. The third-order valence-corrected chi connectivity index (χ3v) is 3.71. The number of rotatable bonds is 3. The van der Waals surface area contributed by atoms with E-state index in [2.05, 4.69) is 28.2 Å². The van der Waals surface area contributed by atoms with Gasteiger partial charge in [0.05, 0.1) is 0 Å². The molecule has 1 aromatic rings. The fourth-order valence-corrected chi connectivity index (χ4v) is 2.26. The Kier molecular flexibility index (Phi) is 4.19. The maximum atomic E-state index is 13.7. The van der Waals surface area contributed by atoms with Gasteiger partial charge in [0.1, 0.15) is 5.82 Å². The van der Waals surface area contributed by atoms with Gasteiger partial charge in [0.25, 0.3) is 0 Å². The van der Waals surface area contributed by atoms with Gasteiger partial charge >= 0.3 is 0 Å². The van der Waals surface area contributed by atoms with Crippen molar-refractivity contribution in [2.24, 2.45) is 0 Å². The molecule has 1 heterocycles. The van der Waals surface area contributed by atoms with Crippen LogP contribution in [0.2, 0.25) is 0 Å². The lowest BCUT2D eigenvalue weighted by molar-refractivity contribution is 0.312. The summed E-state index contributed by atoms with van der Waals surface area (Å²) < 4.78 is 13.7. The maximum absolute atomic E-state index is 13.7. The third kappa shape index (κ3) is 3.00. The SMILES string of the molecule is CNC(C)c1cc(F)cc(N2CCN(C)CC2)c1. The molecule has 0 spiro atoms. The molecule has 18 heavy (non-hydrogen) atoms. The van der Waals surface area contributed by atoms with E-state index in [1.807, 2.05) is 14.0 Å². The van der Waals surface area contributed by atoms with Gasteiger partial charge in [0, 0.05) is 37.9 Å². The first kappa shape index (κ1) is 13.3. The number of likely N-dealkylation sites (N-methyl/N-ethyl adjacent to an activating group) is 1. The van der Waals surface area contributed by atoms with Gasteiger partial charge in [-0.15, -0.1) is 0 Å². The van der Waals surface area contributed by atoms with Crippen molar-refractivity contribution in [1.82, 2.24) is 10.2 Å². The summed E-state index contributed by atoms with van der Waals surface area (Å²) in [5.41, 5.74) is 2.01. The van der Waals surface area contributed by atoms with Gasteiger partial charge in [0.15, 0.2) is 0 Å². The molecule has 0 amide bonds. The van der Waals surface area contributed by atoms with Crippen LogP contribution < -0.4 is 10.2 Å². The minimum absolute atomic E-state index is 0.150. The van der Waals surface area contributed by atoms with E-state index in [-0.39, 0.29) is 11.9 Å². The standard InChI is InChI=1S/C14H22FN3/c1-11(16-2)12-8-13(15)10-14(9-12)18-6-4-17(3)5-7-18/h8-11,16H,4-7H2,1-3H3. The summed E-state index contributed by atoms with van der Waals surface area (Å²) in [6.45, 7) is 6.05. The van der Waals surface area contributed by atoms with Gasteiger partial charge in [0.2, 0.25) is 0 Å². The number of halogens is 1. The number of nitrogens with one attached hydrogen (secondary N) is 1. The number of nitrogens with zero attached hydrogens (tertiary/aromatic N) is 2. The molecular weight excluding hydrogens is 229 g/mol. The van der Waals surface area contributed by atoms with Gasteiger partial charge in [-0.2, -0.15) is 0 Å². The Labute approximate surface area is 109 Å². The second-order valence-electron chi connectivity index (χ2n) is 5.04. The summed E-state index contributed by atoms with van der Waals surface area (Å²) in [5.74, 6) is -0.150. The van der Waals surface area contributed by atoms with E-state index >= 15 is 0 Å². The van der Waals surface area contributed by atoms with Crippen molar-refractivity contribution in [1.29, 1.82) is 0 Å². The van der Waals surface area contributed by atoms with Crippen LogP contribution in [-0.2, 0) is 0 Å². The van der Waals surface area contributed by atoms with Gasteiger partial charge < -0.3 is 15.1 Å². The second-order valence-corrected chi connectivity index (χ2v) is 5.04. The van der Waals surface area contributed by atoms with E-state index < -0.39 is 0 Å². The van der Waals surface area contributed by atoms with Crippen molar-refractivity contribution in [2.45, 2.75) is 13.0 Å². The van der Waals surface area contributed by atoms with E-state index in [1.165, 1.54) is 0 Å². The molecule has 2 rings (SSSR count). The Bertz CT molecular complexity index is 400. The fourth-order valence-electron chi connectivity index (χ4n) is 2.26. The third-order valence-electron chi connectivity index (χ3n) is 3.71. The molecule has 3 nitrogen and oxygen atoms in total. The molecule has 4 heteroatoms. The molecule has 0 bridgehead atoms. The van der Waals surface area contributed by atoms with Crippen molar-refractivity contribution >= 4 is 5.69 Å². The van der Waals surface area contributed by atoms with Crippen LogP contribution in [0.3, 0.4) is 0 Å². The van der Waals surface area contributed by atoms with Crippen LogP contribution in [0.1, 0.15) is 18.5 Å². The van der Waals surface area contributed by atoms with E-state index in [9.17, 15) is 4.39 Å². The number of benzene rings is 1. The van der Waals surface area contributed by atoms with Crippen LogP contribution in [-0.4, -0.2) is 45.2 Å². The summed E-state index contributed by atoms with van der Waals surface area (Å²) in [6.07, 6.45) is 0. The topological polar surface area (TPSA) is 18.5 Å².